The van der Waals surface area contributed by atoms with Crippen LogP contribution in [0.2, 0.25) is 0 Å². The largest absolute Gasteiger partial charge is 0.456 e. The number of unbranched alkanes of at least 4 members (excludes halogenated alkanes) is 1. The van der Waals surface area contributed by atoms with Crippen LogP contribution < -0.4 is 10.6 Å². The smallest absolute Gasteiger partial charge is 0.339 e. The van der Waals surface area contributed by atoms with Gasteiger partial charge in [0.15, 0.2) is 0 Å². The zero-order valence-electron chi connectivity index (χ0n) is 23.5. The number of imidazole rings is 1. The van der Waals surface area contributed by atoms with Crippen LogP contribution in [0.25, 0.3) is 22.2 Å². The Kier molecular flexibility index (Phi) is 8.69. The molecule has 0 fully saturated rings. The van der Waals surface area contributed by atoms with Crippen LogP contribution in [0, 0.1) is 0 Å². The predicted octanol–water partition coefficient (Wildman–Crippen LogP) is 6.21. The molecule has 0 atom stereocenters. The number of carbonyl (C=O) groups is 2. The summed E-state index contributed by atoms with van der Waals surface area (Å²) in [6, 6.07) is 21.9. The number of likely N-dealkylation sites (N-methyl/N-ethyl adjacent to an activating group) is 1. The summed E-state index contributed by atoms with van der Waals surface area (Å²) in [5.74, 6) is 0.656. The Morgan fingerprint density at radius 3 is 2.44 bits per heavy atom. The van der Waals surface area contributed by atoms with Crippen LogP contribution in [0.4, 0.5) is 5.69 Å². The number of nitrogens with zero attached hydrogens (tertiary/aromatic N) is 2. The van der Waals surface area contributed by atoms with E-state index in [1.807, 2.05) is 57.2 Å². The van der Waals surface area contributed by atoms with Crippen molar-refractivity contribution in [2.45, 2.75) is 59.1 Å². The Hall–Kier alpha value is -4.13. The summed E-state index contributed by atoms with van der Waals surface area (Å²) in [6.07, 6.45) is 3.05. The van der Waals surface area contributed by atoms with E-state index in [1.165, 1.54) is 0 Å². The van der Waals surface area contributed by atoms with Crippen molar-refractivity contribution in [3.8, 4) is 11.1 Å². The lowest BCUT2D eigenvalue weighted by molar-refractivity contribution is -0.118. The van der Waals surface area contributed by atoms with Gasteiger partial charge >= 0.3 is 5.97 Å². The van der Waals surface area contributed by atoms with Gasteiger partial charge in [0.25, 0.3) is 0 Å². The minimum atomic E-state index is -0.561. The van der Waals surface area contributed by atoms with Gasteiger partial charge in [0.2, 0.25) is 5.91 Å². The van der Waals surface area contributed by atoms with Gasteiger partial charge in [0, 0.05) is 25.7 Å². The molecule has 0 saturated heterocycles. The molecule has 0 saturated carbocycles. The van der Waals surface area contributed by atoms with E-state index in [9.17, 15) is 9.59 Å². The van der Waals surface area contributed by atoms with Crippen molar-refractivity contribution < 1.29 is 14.3 Å². The highest BCUT2D eigenvalue weighted by Crippen LogP contribution is 2.28. The van der Waals surface area contributed by atoms with Crippen LogP contribution in [0.15, 0.2) is 66.7 Å². The second kappa shape index (κ2) is 12.2. The summed E-state index contributed by atoms with van der Waals surface area (Å²) in [6.45, 7) is 8.68. The topological polar surface area (TPSA) is 85.3 Å². The minimum absolute atomic E-state index is 0.0689. The molecule has 4 rings (SSSR count). The van der Waals surface area contributed by atoms with Gasteiger partial charge in [0.05, 0.1) is 23.1 Å². The highest BCUT2D eigenvalue weighted by molar-refractivity contribution is 5.97. The van der Waals surface area contributed by atoms with Gasteiger partial charge < -0.3 is 19.9 Å². The van der Waals surface area contributed by atoms with Crippen LogP contribution >= 0.6 is 0 Å². The van der Waals surface area contributed by atoms with Crippen molar-refractivity contribution in [2.24, 2.45) is 0 Å². The lowest BCUT2D eigenvalue weighted by atomic mass is 9.98. The van der Waals surface area contributed by atoms with Gasteiger partial charge in [-0.1, -0.05) is 55.8 Å². The van der Waals surface area contributed by atoms with E-state index in [0.29, 0.717) is 12.1 Å². The number of nitrogens with one attached hydrogen (secondary N) is 2. The van der Waals surface area contributed by atoms with Crippen molar-refractivity contribution in [1.29, 1.82) is 0 Å². The first-order valence-electron chi connectivity index (χ1n) is 13.5. The fourth-order valence-corrected chi connectivity index (χ4v) is 4.47. The van der Waals surface area contributed by atoms with Gasteiger partial charge in [-0.3, -0.25) is 4.79 Å². The highest BCUT2D eigenvalue weighted by atomic mass is 16.6. The monoisotopic (exact) mass is 526 g/mol. The fraction of sp³-hybridized carbons (Fsp3) is 0.344. The molecule has 1 heterocycles. The van der Waals surface area contributed by atoms with Gasteiger partial charge in [-0.15, -0.1) is 0 Å². The van der Waals surface area contributed by atoms with Crippen LogP contribution in [0.1, 0.15) is 62.3 Å². The molecule has 0 aliphatic heterocycles. The molecule has 0 aliphatic carbocycles. The second-order valence-electron chi connectivity index (χ2n) is 10.7. The van der Waals surface area contributed by atoms with Crippen LogP contribution in [-0.2, 0) is 22.5 Å². The summed E-state index contributed by atoms with van der Waals surface area (Å²) >= 11 is 0. The SMILES string of the molecule is CCCCc1nc2ccc(NCC(=O)NC)cc2n1Cc1ccc(-c2ccccc2C(=O)OC(C)(C)C)cc1. The first-order chi connectivity index (χ1) is 18.7. The van der Waals surface area contributed by atoms with E-state index in [1.54, 1.807) is 7.05 Å². The van der Waals surface area contributed by atoms with Gasteiger partial charge in [-0.2, -0.15) is 0 Å². The van der Waals surface area contributed by atoms with Gasteiger partial charge in [-0.25, -0.2) is 9.78 Å². The third-order valence-corrected chi connectivity index (χ3v) is 6.46. The second-order valence-corrected chi connectivity index (χ2v) is 10.7. The summed E-state index contributed by atoms with van der Waals surface area (Å²) in [4.78, 5) is 29.5. The molecule has 0 bridgehead atoms. The lowest BCUT2D eigenvalue weighted by Gasteiger charge is -2.20. The summed E-state index contributed by atoms with van der Waals surface area (Å²) < 4.78 is 7.90. The summed E-state index contributed by atoms with van der Waals surface area (Å²) in [5.41, 5.74) is 5.79. The standard InChI is InChI=1S/C32H38N4O3/c1-6-7-12-29-35-27-18-17-24(34-20-30(37)33-5)19-28(27)36(29)21-22-13-15-23(16-14-22)25-10-8-9-11-26(25)31(38)39-32(2,3)4/h8-11,13-19,34H,6-7,12,20-21H2,1-5H3,(H,33,37). The average molecular weight is 527 g/mol. The molecule has 3 aromatic carbocycles. The third-order valence-electron chi connectivity index (χ3n) is 6.46. The number of anilines is 1. The van der Waals surface area contributed by atoms with Crippen molar-refractivity contribution in [3.05, 3.63) is 83.7 Å². The Balaban J connectivity index is 1.62. The normalized spacial score (nSPS) is 11.4. The number of aromatic nitrogens is 2. The quantitative estimate of drug-likeness (QED) is 0.240. The molecular formula is C32H38N4O3. The molecular weight excluding hydrogens is 488 g/mol. The minimum Gasteiger partial charge on any atom is -0.456 e. The molecule has 39 heavy (non-hydrogen) atoms. The van der Waals surface area contributed by atoms with E-state index < -0.39 is 5.60 Å². The molecule has 7 nitrogen and oxygen atoms in total. The average Bonchev–Trinajstić information content (AvgIpc) is 3.26. The number of carbonyl (C=O) groups excluding carboxylic acids is 2. The lowest BCUT2D eigenvalue weighted by Crippen LogP contribution is -2.26. The molecule has 0 unspecified atom stereocenters. The molecule has 1 aromatic heterocycles. The van der Waals surface area contributed by atoms with Crippen LogP contribution in [0.3, 0.4) is 0 Å². The number of rotatable bonds is 10. The Morgan fingerprint density at radius 2 is 1.74 bits per heavy atom. The van der Waals surface area contributed by atoms with Crippen molar-refractivity contribution in [1.82, 2.24) is 14.9 Å². The molecule has 204 valence electrons. The number of ether oxygens (including phenoxy) is 1. The van der Waals surface area contributed by atoms with E-state index in [-0.39, 0.29) is 18.4 Å². The maximum absolute atomic E-state index is 12.8. The maximum Gasteiger partial charge on any atom is 0.339 e. The first kappa shape index (κ1) is 27.9. The number of benzene rings is 3. The first-order valence-corrected chi connectivity index (χ1v) is 13.5. The number of fused-ring (bicyclic) bond motifs is 1. The highest BCUT2D eigenvalue weighted by Gasteiger charge is 2.21. The Labute approximate surface area is 230 Å². The van der Waals surface area contributed by atoms with Crippen LogP contribution in [0.5, 0.6) is 0 Å². The summed E-state index contributed by atoms with van der Waals surface area (Å²) in [7, 11) is 1.63. The van der Waals surface area contributed by atoms with E-state index in [4.69, 9.17) is 9.72 Å². The van der Waals surface area contributed by atoms with Crippen molar-refractivity contribution in [2.75, 3.05) is 18.9 Å². The van der Waals surface area contributed by atoms with Gasteiger partial charge in [0.1, 0.15) is 11.4 Å². The molecule has 0 spiro atoms. The summed E-state index contributed by atoms with van der Waals surface area (Å²) in [5, 5.41) is 5.83. The molecule has 1 amide bonds. The zero-order valence-corrected chi connectivity index (χ0v) is 23.5. The van der Waals surface area contributed by atoms with E-state index in [2.05, 4.69) is 52.5 Å². The van der Waals surface area contributed by atoms with Crippen LogP contribution in [-0.4, -0.2) is 40.6 Å². The Morgan fingerprint density at radius 1 is 1.00 bits per heavy atom. The van der Waals surface area contributed by atoms with Gasteiger partial charge in [-0.05, 0) is 68.1 Å². The third kappa shape index (κ3) is 7.05. The predicted molar refractivity (Wildman–Crippen MR) is 157 cm³/mol. The van der Waals surface area contributed by atoms with Crippen molar-refractivity contribution in [3.63, 3.8) is 0 Å². The molecule has 4 aromatic rings. The molecule has 0 aliphatic rings. The maximum atomic E-state index is 12.8. The number of hydrogen-bond acceptors (Lipinski definition) is 5. The number of aryl methyl sites for hydroxylation is 1. The molecule has 2 N–H and O–H groups in total. The van der Waals surface area contributed by atoms with E-state index in [0.717, 1.165) is 58.5 Å². The number of esters is 1. The Bertz CT molecular complexity index is 1450. The fourth-order valence-electron chi connectivity index (χ4n) is 4.47. The number of hydrogen-bond donors (Lipinski definition) is 2. The van der Waals surface area contributed by atoms with Crippen molar-refractivity contribution >= 4 is 28.6 Å². The zero-order chi connectivity index (χ0) is 28.0. The molecule has 7 heteroatoms. The van der Waals surface area contributed by atoms with E-state index >= 15 is 0 Å². The molecule has 0 radical (unpaired) electrons. The number of amides is 1.